The molecule has 0 atom stereocenters. The van der Waals surface area contributed by atoms with Crippen LogP contribution in [-0.2, 0) is 0 Å². The average Bonchev–Trinajstić information content (AvgIpc) is 2.06. The Balaban J connectivity index is 2.97. The second-order valence-corrected chi connectivity index (χ2v) is 2.51. The molecule has 0 aromatic carbocycles. The number of rotatable bonds is 2. The predicted octanol–water partition coefficient (Wildman–Crippen LogP) is 1.34. The number of hydrogen-bond acceptors (Lipinski definition) is 3. The van der Waals surface area contributed by atoms with Crippen LogP contribution in [0.25, 0.3) is 5.70 Å². The van der Waals surface area contributed by atoms with Crippen molar-refractivity contribution >= 4 is 11.9 Å². The summed E-state index contributed by atoms with van der Waals surface area (Å²) in [5.74, 6) is 0. The molecule has 0 aliphatic carbocycles. The Morgan fingerprint density at radius 2 is 2.33 bits per heavy atom. The van der Waals surface area contributed by atoms with Crippen LogP contribution in [0.1, 0.15) is 11.3 Å². The van der Waals surface area contributed by atoms with E-state index in [-0.39, 0.29) is 0 Å². The molecule has 0 fully saturated rings. The third-order valence-electron chi connectivity index (χ3n) is 1.47. The fraction of sp³-hybridized carbons (Fsp3) is 0.111. The van der Waals surface area contributed by atoms with Crippen molar-refractivity contribution in [1.29, 1.82) is 5.41 Å². The highest BCUT2D eigenvalue weighted by molar-refractivity contribution is 5.80. The van der Waals surface area contributed by atoms with Gasteiger partial charge in [0.25, 0.3) is 0 Å². The predicted molar refractivity (Wildman–Crippen MR) is 49.9 cm³/mol. The first-order valence-electron chi connectivity index (χ1n) is 3.63. The van der Waals surface area contributed by atoms with Gasteiger partial charge in [-0.1, -0.05) is 6.07 Å². The van der Waals surface area contributed by atoms with Crippen molar-refractivity contribution in [1.82, 2.24) is 4.98 Å². The number of aryl methyl sites for hydroxylation is 1. The van der Waals surface area contributed by atoms with Gasteiger partial charge >= 0.3 is 0 Å². The molecular formula is C9H11N3. The standard InChI is InChI=1S/C9H11N3/c1-7-2-3-9(12-6-7)8(11)4-5-10/h2-6,10H,11H2,1H3/b8-4-,10-5?. The van der Waals surface area contributed by atoms with Crippen LogP contribution in [0, 0.1) is 12.3 Å². The lowest BCUT2D eigenvalue weighted by Crippen LogP contribution is -1.98. The molecule has 62 valence electrons. The molecule has 0 unspecified atom stereocenters. The zero-order valence-electron chi connectivity index (χ0n) is 6.91. The van der Waals surface area contributed by atoms with E-state index < -0.39 is 0 Å². The molecule has 0 bridgehead atoms. The maximum absolute atomic E-state index is 6.82. The largest absolute Gasteiger partial charge is 0.397 e. The van der Waals surface area contributed by atoms with Crippen LogP contribution in [0.3, 0.4) is 0 Å². The van der Waals surface area contributed by atoms with E-state index in [1.165, 1.54) is 6.08 Å². The van der Waals surface area contributed by atoms with E-state index in [0.29, 0.717) is 11.4 Å². The van der Waals surface area contributed by atoms with Crippen molar-refractivity contribution in [2.45, 2.75) is 6.92 Å². The Hall–Kier alpha value is -1.64. The van der Waals surface area contributed by atoms with Crippen LogP contribution in [0.15, 0.2) is 24.4 Å². The highest BCUT2D eigenvalue weighted by Gasteiger charge is 1.94. The Bertz CT molecular complexity index is 298. The summed E-state index contributed by atoms with van der Waals surface area (Å²) in [5.41, 5.74) is 7.93. The Morgan fingerprint density at radius 1 is 1.58 bits per heavy atom. The van der Waals surface area contributed by atoms with Gasteiger partial charge in [0.2, 0.25) is 0 Å². The summed E-state index contributed by atoms with van der Waals surface area (Å²) < 4.78 is 0. The zero-order valence-corrected chi connectivity index (χ0v) is 6.91. The van der Waals surface area contributed by atoms with Gasteiger partial charge in [-0.2, -0.15) is 0 Å². The van der Waals surface area contributed by atoms with Crippen molar-refractivity contribution in [3.05, 3.63) is 35.7 Å². The summed E-state index contributed by atoms with van der Waals surface area (Å²) in [6, 6.07) is 3.78. The van der Waals surface area contributed by atoms with E-state index in [9.17, 15) is 0 Å². The number of nitrogens with one attached hydrogen (secondary N) is 1. The van der Waals surface area contributed by atoms with E-state index in [0.717, 1.165) is 11.8 Å². The SMILES string of the molecule is Cc1ccc(/C(N)=C/C=N)nc1. The van der Waals surface area contributed by atoms with Crippen LogP contribution >= 0.6 is 0 Å². The molecule has 1 aromatic heterocycles. The molecule has 1 rings (SSSR count). The summed E-state index contributed by atoms with van der Waals surface area (Å²) in [7, 11) is 0. The summed E-state index contributed by atoms with van der Waals surface area (Å²) in [4.78, 5) is 4.10. The zero-order chi connectivity index (χ0) is 8.97. The van der Waals surface area contributed by atoms with Gasteiger partial charge in [-0.05, 0) is 24.6 Å². The number of allylic oxidation sites excluding steroid dienone is 1. The van der Waals surface area contributed by atoms with Crippen molar-refractivity contribution in [2.24, 2.45) is 5.73 Å². The number of pyridine rings is 1. The molecule has 0 radical (unpaired) electrons. The first-order valence-corrected chi connectivity index (χ1v) is 3.63. The molecule has 0 saturated carbocycles. The lowest BCUT2D eigenvalue weighted by molar-refractivity contribution is 1.22. The lowest BCUT2D eigenvalue weighted by atomic mass is 10.2. The number of nitrogens with two attached hydrogens (primary N) is 1. The average molecular weight is 161 g/mol. The van der Waals surface area contributed by atoms with Crippen LogP contribution in [0.5, 0.6) is 0 Å². The van der Waals surface area contributed by atoms with Crippen LogP contribution in [0.2, 0.25) is 0 Å². The molecule has 0 aliphatic rings. The van der Waals surface area contributed by atoms with Crippen molar-refractivity contribution in [3.63, 3.8) is 0 Å². The number of nitrogens with zero attached hydrogens (tertiary/aromatic N) is 1. The molecule has 1 heterocycles. The third-order valence-corrected chi connectivity index (χ3v) is 1.47. The topological polar surface area (TPSA) is 62.8 Å². The summed E-state index contributed by atoms with van der Waals surface area (Å²) in [6.07, 6.45) is 4.41. The summed E-state index contributed by atoms with van der Waals surface area (Å²) in [5, 5.41) is 6.82. The molecule has 3 heteroatoms. The van der Waals surface area contributed by atoms with Crippen LogP contribution in [-0.4, -0.2) is 11.2 Å². The van der Waals surface area contributed by atoms with Crippen LogP contribution in [0.4, 0.5) is 0 Å². The maximum atomic E-state index is 6.82. The number of aromatic nitrogens is 1. The second kappa shape index (κ2) is 3.67. The van der Waals surface area contributed by atoms with Gasteiger partial charge in [0.1, 0.15) is 0 Å². The fourth-order valence-corrected chi connectivity index (χ4v) is 0.814. The van der Waals surface area contributed by atoms with Gasteiger partial charge in [0.05, 0.1) is 11.4 Å². The van der Waals surface area contributed by atoms with Gasteiger partial charge in [-0.3, -0.25) is 4.98 Å². The van der Waals surface area contributed by atoms with E-state index in [1.807, 2.05) is 19.1 Å². The number of hydrogen-bond donors (Lipinski definition) is 2. The molecule has 3 nitrogen and oxygen atoms in total. The Kier molecular flexibility index (Phi) is 2.58. The van der Waals surface area contributed by atoms with E-state index in [2.05, 4.69) is 4.98 Å². The molecule has 1 aromatic rings. The highest BCUT2D eigenvalue weighted by Crippen LogP contribution is 2.04. The highest BCUT2D eigenvalue weighted by atomic mass is 14.7. The molecule has 0 amide bonds. The smallest absolute Gasteiger partial charge is 0.0859 e. The molecule has 0 spiro atoms. The minimum atomic E-state index is 0.519. The van der Waals surface area contributed by atoms with Crippen molar-refractivity contribution < 1.29 is 0 Å². The van der Waals surface area contributed by atoms with Gasteiger partial charge in [-0.15, -0.1) is 0 Å². The molecular weight excluding hydrogens is 150 g/mol. The third kappa shape index (κ3) is 1.92. The van der Waals surface area contributed by atoms with Gasteiger partial charge in [0.15, 0.2) is 0 Å². The van der Waals surface area contributed by atoms with Gasteiger partial charge in [-0.25, -0.2) is 0 Å². The first kappa shape index (κ1) is 8.46. The van der Waals surface area contributed by atoms with Gasteiger partial charge in [0, 0.05) is 12.4 Å². The Labute approximate surface area is 71.4 Å². The molecule has 0 aliphatic heterocycles. The lowest BCUT2D eigenvalue weighted by Gasteiger charge is -1.98. The summed E-state index contributed by atoms with van der Waals surface area (Å²) in [6.45, 7) is 1.97. The molecule has 12 heavy (non-hydrogen) atoms. The van der Waals surface area contributed by atoms with E-state index in [4.69, 9.17) is 11.1 Å². The van der Waals surface area contributed by atoms with Crippen molar-refractivity contribution in [3.8, 4) is 0 Å². The van der Waals surface area contributed by atoms with Crippen molar-refractivity contribution in [2.75, 3.05) is 0 Å². The molecule has 3 N–H and O–H groups in total. The normalized spacial score (nSPS) is 11.2. The second-order valence-electron chi connectivity index (χ2n) is 2.51. The van der Waals surface area contributed by atoms with E-state index >= 15 is 0 Å². The van der Waals surface area contributed by atoms with E-state index in [1.54, 1.807) is 6.20 Å². The van der Waals surface area contributed by atoms with Crippen LogP contribution < -0.4 is 5.73 Å². The monoisotopic (exact) mass is 161 g/mol. The summed E-state index contributed by atoms with van der Waals surface area (Å²) >= 11 is 0. The first-order chi connectivity index (χ1) is 5.74. The maximum Gasteiger partial charge on any atom is 0.0859 e. The van der Waals surface area contributed by atoms with Gasteiger partial charge < -0.3 is 11.1 Å². The molecule has 0 saturated heterocycles. The fourth-order valence-electron chi connectivity index (χ4n) is 0.814. The minimum absolute atomic E-state index is 0.519. The Morgan fingerprint density at radius 3 is 2.83 bits per heavy atom. The minimum Gasteiger partial charge on any atom is -0.397 e. The quantitative estimate of drug-likeness (QED) is 0.643.